The quantitative estimate of drug-likeness (QED) is 0.811. The number of hydrogen-bond acceptors (Lipinski definition) is 3. The van der Waals surface area contributed by atoms with E-state index >= 15 is 0 Å². The maximum atomic E-state index is 13.1. The Morgan fingerprint density at radius 1 is 1.19 bits per heavy atom. The monoisotopic (exact) mass is 382 g/mol. The standard InChI is InChI=1S/C21H29F3N2O/c22-21(23,24)16-5-1-4-15(12-16)20(8-3-9-20)14-26-18-7-2-6-17(18)19-13-27-11-10-25-19/h1,4-5,12,17-19,25-26H,2-3,6-11,13-14H2. The second kappa shape index (κ2) is 7.72. The van der Waals surface area contributed by atoms with Crippen molar-refractivity contribution in [3.63, 3.8) is 0 Å². The van der Waals surface area contributed by atoms with Gasteiger partial charge in [0.2, 0.25) is 0 Å². The fraction of sp³-hybridized carbons (Fsp3) is 0.714. The van der Waals surface area contributed by atoms with Crippen LogP contribution >= 0.6 is 0 Å². The lowest BCUT2D eigenvalue weighted by molar-refractivity contribution is -0.137. The number of ether oxygens (including phenoxy) is 1. The highest BCUT2D eigenvalue weighted by molar-refractivity contribution is 5.34. The van der Waals surface area contributed by atoms with Crippen LogP contribution in [0.25, 0.3) is 0 Å². The lowest BCUT2D eigenvalue weighted by Crippen LogP contribution is -2.53. The van der Waals surface area contributed by atoms with E-state index in [0.717, 1.165) is 57.6 Å². The molecule has 0 amide bonds. The van der Waals surface area contributed by atoms with Crippen molar-refractivity contribution in [3.05, 3.63) is 35.4 Å². The minimum atomic E-state index is -4.28. The number of alkyl halides is 3. The molecule has 4 rings (SSSR count). The Morgan fingerprint density at radius 3 is 2.70 bits per heavy atom. The summed E-state index contributed by atoms with van der Waals surface area (Å²) in [7, 11) is 0. The van der Waals surface area contributed by atoms with Gasteiger partial charge in [0.15, 0.2) is 0 Å². The molecule has 27 heavy (non-hydrogen) atoms. The molecule has 3 aliphatic rings. The number of benzene rings is 1. The molecule has 1 aromatic rings. The topological polar surface area (TPSA) is 33.3 Å². The van der Waals surface area contributed by atoms with E-state index in [1.54, 1.807) is 6.07 Å². The summed E-state index contributed by atoms with van der Waals surface area (Å²) in [5, 5.41) is 7.33. The van der Waals surface area contributed by atoms with Gasteiger partial charge in [0.25, 0.3) is 0 Å². The molecule has 3 fully saturated rings. The van der Waals surface area contributed by atoms with Gasteiger partial charge < -0.3 is 15.4 Å². The van der Waals surface area contributed by atoms with Crippen molar-refractivity contribution >= 4 is 0 Å². The second-order valence-electron chi connectivity index (χ2n) is 8.43. The third kappa shape index (κ3) is 4.03. The average Bonchev–Trinajstić information content (AvgIpc) is 3.10. The van der Waals surface area contributed by atoms with E-state index in [9.17, 15) is 13.2 Å². The van der Waals surface area contributed by atoms with Crippen molar-refractivity contribution in [1.82, 2.24) is 10.6 Å². The van der Waals surface area contributed by atoms with E-state index in [-0.39, 0.29) is 5.41 Å². The first-order chi connectivity index (χ1) is 13.0. The van der Waals surface area contributed by atoms with Crippen LogP contribution in [0.15, 0.2) is 24.3 Å². The molecule has 0 radical (unpaired) electrons. The molecule has 2 saturated carbocycles. The zero-order valence-corrected chi connectivity index (χ0v) is 15.7. The lowest BCUT2D eigenvalue weighted by atomic mass is 9.64. The van der Waals surface area contributed by atoms with E-state index < -0.39 is 11.7 Å². The Kier molecular flexibility index (Phi) is 5.50. The number of rotatable bonds is 5. The molecular formula is C21H29F3N2O. The highest BCUT2D eigenvalue weighted by Crippen LogP contribution is 2.45. The number of hydrogen-bond donors (Lipinski definition) is 2. The van der Waals surface area contributed by atoms with Crippen molar-refractivity contribution in [3.8, 4) is 0 Å². The molecule has 1 aliphatic heterocycles. The van der Waals surface area contributed by atoms with Crippen molar-refractivity contribution in [1.29, 1.82) is 0 Å². The molecule has 3 unspecified atom stereocenters. The maximum absolute atomic E-state index is 13.1. The molecule has 2 aliphatic carbocycles. The normalized spacial score (nSPS) is 30.9. The zero-order valence-electron chi connectivity index (χ0n) is 15.7. The minimum absolute atomic E-state index is 0.148. The van der Waals surface area contributed by atoms with E-state index in [0.29, 0.717) is 18.0 Å². The van der Waals surface area contributed by atoms with Crippen LogP contribution in [0.2, 0.25) is 0 Å². The zero-order chi connectivity index (χ0) is 18.9. The number of nitrogens with one attached hydrogen (secondary N) is 2. The van der Waals surface area contributed by atoms with Gasteiger partial charge in [0.05, 0.1) is 18.8 Å². The molecule has 3 nitrogen and oxygen atoms in total. The van der Waals surface area contributed by atoms with Gasteiger partial charge in [-0.15, -0.1) is 0 Å². The number of morpholine rings is 1. The van der Waals surface area contributed by atoms with E-state index in [1.165, 1.54) is 25.0 Å². The smallest absolute Gasteiger partial charge is 0.379 e. The lowest BCUT2D eigenvalue weighted by Gasteiger charge is -2.44. The maximum Gasteiger partial charge on any atom is 0.416 e. The Balaban J connectivity index is 1.44. The first kappa shape index (κ1) is 19.2. The van der Waals surface area contributed by atoms with Crippen LogP contribution < -0.4 is 10.6 Å². The molecule has 1 saturated heterocycles. The van der Waals surface area contributed by atoms with Crippen LogP contribution in [0.3, 0.4) is 0 Å². The van der Waals surface area contributed by atoms with Crippen LogP contribution in [0.1, 0.15) is 49.7 Å². The summed E-state index contributed by atoms with van der Waals surface area (Å²) in [6.07, 6.45) is 2.27. The summed E-state index contributed by atoms with van der Waals surface area (Å²) in [4.78, 5) is 0. The third-order valence-electron chi connectivity index (χ3n) is 6.85. The molecule has 0 spiro atoms. The van der Waals surface area contributed by atoms with Crippen molar-refractivity contribution in [2.24, 2.45) is 5.92 Å². The summed E-state index contributed by atoms with van der Waals surface area (Å²) in [6, 6.07) is 6.78. The van der Waals surface area contributed by atoms with Crippen molar-refractivity contribution < 1.29 is 17.9 Å². The SMILES string of the molecule is FC(F)(F)c1cccc(C2(CNC3CCCC3C3COCCN3)CCC2)c1. The summed E-state index contributed by atoms with van der Waals surface area (Å²) in [6.45, 7) is 3.21. The predicted octanol–water partition coefficient (Wildman–Crippen LogP) is 3.87. The molecule has 0 bridgehead atoms. The van der Waals surface area contributed by atoms with Crippen LogP contribution in [0.5, 0.6) is 0 Å². The van der Waals surface area contributed by atoms with Crippen LogP contribution in [-0.2, 0) is 16.3 Å². The third-order valence-corrected chi connectivity index (χ3v) is 6.85. The van der Waals surface area contributed by atoms with Gasteiger partial charge in [-0.2, -0.15) is 13.2 Å². The Hall–Kier alpha value is -1.11. The molecular weight excluding hydrogens is 353 g/mol. The first-order valence-corrected chi connectivity index (χ1v) is 10.2. The second-order valence-corrected chi connectivity index (χ2v) is 8.43. The summed E-state index contributed by atoms with van der Waals surface area (Å²) in [5.41, 5.74) is 0.156. The average molecular weight is 382 g/mol. The minimum Gasteiger partial charge on any atom is -0.379 e. The van der Waals surface area contributed by atoms with Crippen LogP contribution in [0, 0.1) is 5.92 Å². The van der Waals surface area contributed by atoms with Gasteiger partial charge >= 0.3 is 6.18 Å². The highest BCUT2D eigenvalue weighted by atomic mass is 19.4. The summed E-state index contributed by atoms with van der Waals surface area (Å²) >= 11 is 0. The Bertz CT molecular complexity index is 639. The Morgan fingerprint density at radius 2 is 2.04 bits per heavy atom. The van der Waals surface area contributed by atoms with Gasteiger partial charge in [-0.05, 0) is 43.2 Å². The van der Waals surface area contributed by atoms with Crippen molar-refractivity contribution in [2.75, 3.05) is 26.3 Å². The van der Waals surface area contributed by atoms with Gasteiger partial charge in [0.1, 0.15) is 0 Å². The van der Waals surface area contributed by atoms with E-state index in [2.05, 4.69) is 10.6 Å². The van der Waals surface area contributed by atoms with Gasteiger partial charge in [-0.25, -0.2) is 0 Å². The fourth-order valence-electron chi connectivity index (χ4n) is 5.11. The van der Waals surface area contributed by atoms with Gasteiger partial charge in [-0.1, -0.05) is 31.0 Å². The van der Waals surface area contributed by atoms with Crippen LogP contribution in [0.4, 0.5) is 13.2 Å². The van der Waals surface area contributed by atoms with Crippen LogP contribution in [-0.4, -0.2) is 38.4 Å². The molecule has 1 aromatic carbocycles. The Labute approximate surface area is 159 Å². The largest absolute Gasteiger partial charge is 0.416 e. The number of halogens is 3. The summed E-state index contributed by atoms with van der Waals surface area (Å²) < 4.78 is 45.0. The van der Waals surface area contributed by atoms with Crippen molar-refractivity contribution in [2.45, 2.75) is 62.2 Å². The molecule has 6 heteroatoms. The van der Waals surface area contributed by atoms with E-state index in [4.69, 9.17) is 4.74 Å². The first-order valence-electron chi connectivity index (χ1n) is 10.2. The molecule has 2 N–H and O–H groups in total. The fourth-order valence-corrected chi connectivity index (χ4v) is 5.11. The summed E-state index contributed by atoms with van der Waals surface area (Å²) in [5.74, 6) is 0.545. The van der Waals surface area contributed by atoms with Gasteiger partial charge in [0, 0.05) is 30.6 Å². The molecule has 1 heterocycles. The van der Waals surface area contributed by atoms with E-state index in [1.807, 2.05) is 6.07 Å². The van der Waals surface area contributed by atoms with Gasteiger partial charge in [-0.3, -0.25) is 0 Å². The highest BCUT2D eigenvalue weighted by Gasteiger charge is 2.42. The predicted molar refractivity (Wildman–Crippen MR) is 98.7 cm³/mol. The molecule has 3 atom stereocenters. The molecule has 150 valence electrons. The molecule has 0 aromatic heterocycles.